The van der Waals surface area contributed by atoms with Crippen LogP contribution in [0.1, 0.15) is 30.7 Å². The van der Waals surface area contributed by atoms with Crippen molar-refractivity contribution in [2.75, 3.05) is 6.26 Å². The van der Waals surface area contributed by atoms with Crippen LogP contribution < -0.4 is 4.72 Å². The molecule has 0 saturated carbocycles. The molecular formula is C14H19ClN4O2S. The number of sulfonamides is 1. The summed E-state index contributed by atoms with van der Waals surface area (Å²) in [7, 11) is -3.33. The summed E-state index contributed by atoms with van der Waals surface area (Å²) in [6, 6.07) is 5.67. The van der Waals surface area contributed by atoms with Gasteiger partial charge in [-0.25, -0.2) is 17.8 Å². The summed E-state index contributed by atoms with van der Waals surface area (Å²) in [5.74, 6) is 0. The molecule has 1 N–H and O–H groups in total. The SMILES string of the molecule is Cc1cc(Cl)ccc1Cn1cc(C(C)(C)NS(C)(=O)=O)nn1. The molecular weight excluding hydrogens is 324 g/mol. The molecule has 0 aliphatic heterocycles. The van der Waals surface area contributed by atoms with Gasteiger partial charge in [0.25, 0.3) is 0 Å². The molecule has 0 spiro atoms. The van der Waals surface area contributed by atoms with Crippen LogP contribution in [0.25, 0.3) is 0 Å². The van der Waals surface area contributed by atoms with Gasteiger partial charge in [0.15, 0.2) is 0 Å². The zero-order valence-electron chi connectivity index (χ0n) is 13.0. The average Bonchev–Trinajstić information content (AvgIpc) is 2.79. The number of aryl methyl sites for hydroxylation is 1. The van der Waals surface area contributed by atoms with Crippen LogP contribution in [-0.2, 0) is 22.1 Å². The number of hydrogen-bond donors (Lipinski definition) is 1. The topological polar surface area (TPSA) is 76.9 Å². The van der Waals surface area contributed by atoms with Crippen molar-refractivity contribution in [2.45, 2.75) is 32.9 Å². The van der Waals surface area contributed by atoms with Gasteiger partial charge in [-0.2, -0.15) is 0 Å². The third kappa shape index (κ3) is 4.28. The number of rotatable bonds is 5. The molecule has 2 rings (SSSR count). The summed E-state index contributed by atoms with van der Waals surface area (Å²) < 4.78 is 27.1. The van der Waals surface area contributed by atoms with Crippen LogP contribution in [0, 0.1) is 6.92 Å². The highest BCUT2D eigenvalue weighted by molar-refractivity contribution is 7.88. The Kier molecular flexibility index (Phi) is 4.60. The minimum absolute atomic E-state index is 0.547. The maximum Gasteiger partial charge on any atom is 0.209 e. The summed E-state index contributed by atoms with van der Waals surface area (Å²) in [5, 5.41) is 8.84. The van der Waals surface area contributed by atoms with E-state index in [1.807, 2.05) is 25.1 Å². The number of nitrogens with one attached hydrogen (secondary N) is 1. The van der Waals surface area contributed by atoms with E-state index in [-0.39, 0.29) is 0 Å². The highest BCUT2D eigenvalue weighted by atomic mass is 35.5. The van der Waals surface area contributed by atoms with Crippen molar-refractivity contribution in [2.24, 2.45) is 0 Å². The molecule has 0 aliphatic rings. The van der Waals surface area contributed by atoms with Gasteiger partial charge in [-0.15, -0.1) is 5.10 Å². The van der Waals surface area contributed by atoms with E-state index in [4.69, 9.17) is 11.6 Å². The van der Waals surface area contributed by atoms with E-state index in [2.05, 4.69) is 15.0 Å². The van der Waals surface area contributed by atoms with Crippen molar-refractivity contribution in [1.82, 2.24) is 19.7 Å². The number of nitrogens with zero attached hydrogens (tertiary/aromatic N) is 3. The monoisotopic (exact) mass is 342 g/mol. The summed E-state index contributed by atoms with van der Waals surface area (Å²) >= 11 is 5.95. The molecule has 1 aromatic heterocycles. The first-order chi connectivity index (χ1) is 10.1. The quantitative estimate of drug-likeness (QED) is 0.902. The zero-order chi connectivity index (χ0) is 16.5. The van der Waals surface area contributed by atoms with Gasteiger partial charge >= 0.3 is 0 Å². The Hall–Kier alpha value is -1.44. The predicted octanol–water partition coefficient (Wildman–Crippen LogP) is 2.07. The summed E-state index contributed by atoms with van der Waals surface area (Å²) in [6.07, 6.45) is 2.86. The molecule has 0 atom stereocenters. The summed E-state index contributed by atoms with van der Waals surface area (Å²) in [5.41, 5.74) is 1.89. The maximum atomic E-state index is 11.4. The van der Waals surface area contributed by atoms with Gasteiger partial charge in [0.2, 0.25) is 10.0 Å². The normalized spacial score (nSPS) is 12.6. The molecule has 2 aromatic rings. The lowest BCUT2D eigenvalue weighted by Gasteiger charge is -2.21. The lowest BCUT2D eigenvalue weighted by molar-refractivity contribution is 0.462. The molecule has 0 amide bonds. The number of halogens is 1. The van der Waals surface area contributed by atoms with Gasteiger partial charge in [0.1, 0.15) is 5.69 Å². The van der Waals surface area contributed by atoms with Crippen LogP contribution in [0.5, 0.6) is 0 Å². The third-order valence-electron chi connectivity index (χ3n) is 3.26. The maximum absolute atomic E-state index is 11.4. The van der Waals surface area contributed by atoms with E-state index < -0.39 is 15.6 Å². The summed E-state index contributed by atoms with van der Waals surface area (Å²) in [4.78, 5) is 0. The van der Waals surface area contributed by atoms with E-state index >= 15 is 0 Å². The Morgan fingerprint density at radius 3 is 2.64 bits per heavy atom. The zero-order valence-corrected chi connectivity index (χ0v) is 14.5. The Labute approximate surface area is 135 Å². The van der Waals surface area contributed by atoms with Crippen LogP contribution in [-0.4, -0.2) is 29.7 Å². The largest absolute Gasteiger partial charge is 0.248 e. The van der Waals surface area contributed by atoms with Gasteiger partial charge < -0.3 is 0 Å². The second-order valence-electron chi connectivity index (χ2n) is 5.87. The molecule has 8 heteroatoms. The van der Waals surface area contributed by atoms with E-state index in [9.17, 15) is 8.42 Å². The molecule has 6 nitrogen and oxygen atoms in total. The fraction of sp³-hybridized carbons (Fsp3) is 0.429. The smallest absolute Gasteiger partial charge is 0.209 e. The molecule has 0 aliphatic carbocycles. The molecule has 120 valence electrons. The fourth-order valence-electron chi connectivity index (χ4n) is 2.19. The molecule has 0 saturated heterocycles. The van der Waals surface area contributed by atoms with E-state index in [1.165, 1.54) is 0 Å². The Bertz CT molecular complexity index is 784. The second kappa shape index (κ2) is 5.98. The molecule has 0 unspecified atom stereocenters. The highest BCUT2D eigenvalue weighted by Gasteiger charge is 2.27. The fourth-order valence-corrected chi connectivity index (χ4v) is 3.45. The van der Waals surface area contributed by atoms with Crippen LogP contribution in [0.3, 0.4) is 0 Å². The molecule has 1 heterocycles. The Morgan fingerprint density at radius 1 is 1.36 bits per heavy atom. The van der Waals surface area contributed by atoms with Gasteiger partial charge in [0, 0.05) is 5.02 Å². The molecule has 0 bridgehead atoms. The highest BCUT2D eigenvalue weighted by Crippen LogP contribution is 2.19. The van der Waals surface area contributed by atoms with Crippen LogP contribution in [0.2, 0.25) is 5.02 Å². The Morgan fingerprint density at radius 2 is 2.05 bits per heavy atom. The first-order valence-electron chi connectivity index (χ1n) is 6.71. The molecule has 0 radical (unpaired) electrons. The van der Waals surface area contributed by atoms with Crippen molar-refractivity contribution in [3.05, 3.63) is 46.2 Å². The third-order valence-corrected chi connectivity index (χ3v) is 4.37. The van der Waals surface area contributed by atoms with Crippen molar-refractivity contribution in [1.29, 1.82) is 0 Å². The summed E-state index contributed by atoms with van der Waals surface area (Å²) in [6.45, 7) is 6.02. The number of hydrogen-bond acceptors (Lipinski definition) is 4. The molecule has 1 aromatic carbocycles. The lowest BCUT2D eigenvalue weighted by atomic mass is 10.0. The first-order valence-corrected chi connectivity index (χ1v) is 8.98. The second-order valence-corrected chi connectivity index (χ2v) is 8.06. The lowest BCUT2D eigenvalue weighted by Crippen LogP contribution is -2.40. The van der Waals surface area contributed by atoms with Gasteiger partial charge in [-0.05, 0) is 44.0 Å². The predicted molar refractivity (Wildman–Crippen MR) is 86.3 cm³/mol. The van der Waals surface area contributed by atoms with Crippen molar-refractivity contribution < 1.29 is 8.42 Å². The van der Waals surface area contributed by atoms with Gasteiger partial charge in [0.05, 0.1) is 24.5 Å². The van der Waals surface area contributed by atoms with Crippen molar-refractivity contribution >= 4 is 21.6 Å². The van der Waals surface area contributed by atoms with Crippen LogP contribution in [0.15, 0.2) is 24.4 Å². The first kappa shape index (κ1) is 16.9. The van der Waals surface area contributed by atoms with Crippen LogP contribution in [0.4, 0.5) is 0 Å². The Balaban J connectivity index is 2.21. The molecule has 0 fully saturated rings. The van der Waals surface area contributed by atoms with E-state index in [0.717, 1.165) is 17.4 Å². The number of benzene rings is 1. The van der Waals surface area contributed by atoms with Crippen molar-refractivity contribution in [3.63, 3.8) is 0 Å². The van der Waals surface area contributed by atoms with Gasteiger partial charge in [-0.1, -0.05) is 22.9 Å². The van der Waals surface area contributed by atoms with Crippen molar-refractivity contribution in [3.8, 4) is 0 Å². The average molecular weight is 343 g/mol. The number of aromatic nitrogens is 3. The molecule has 22 heavy (non-hydrogen) atoms. The van der Waals surface area contributed by atoms with E-state index in [1.54, 1.807) is 24.7 Å². The van der Waals surface area contributed by atoms with E-state index in [0.29, 0.717) is 17.3 Å². The van der Waals surface area contributed by atoms with Gasteiger partial charge in [-0.3, -0.25) is 0 Å². The minimum Gasteiger partial charge on any atom is -0.248 e. The standard InChI is InChI=1S/C14H19ClN4O2S/c1-10-7-12(15)6-5-11(10)8-19-9-13(16-18-19)14(2,3)17-22(4,20)21/h5-7,9,17H,8H2,1-4H3. The minimum atomic E-state index is -3.33. The van der Waals surface area contributed by atoms with Crippen LogP contribution >= 0.6 is 11.6 Å².